The van der Waals surface area contributed by atoms with Gasteiger partial charge in [0.2, 0.25) is 0 Å². The molecule has 3 rings (SSSR count). The molecule has 0 atom stereocenters. The minimum atomic E-state index is -0.313. The number of nitrogens with one attached hydrogen (secondary N) is 1. The summed E-state index contributed by atoms with van der Waals surface area (Å²) in [5, 5.41) is 3.39. The van der Waals surface area contributed by atoms with Crippen LogP contribution in [0, 0.1) is 0 Å². The van der Waals surface area contributed by atoms with E-state index >= 15 is 0 Å². The smallest absolute Gasteiger partial charge is 0.258 e. The van der Waals surface area contributed by atoms with Crippen LogP contribution in [0.25, 0.3) is 11.3 Å². The average molecular weight is 414 g/mol. The lowest BCUT2D eigenvalue weighted by molar-refractivity contribution is -0.123. The first-order valence-electron chi connectivity index (χ1n) is 8.89. The Morgan fingerprint density at radius 1 is 1.03 bits per heavy atom. The molecule has 0 unspecified atom stereocenters. The standard InChI is InChI=1S/C22H20ClNO5/c1-14(25)16-5-9-20(21(11-16)27-2)28-13-22(26)24-12-18-8-10-19(29-18)15-3-6-17(23)7-4-15/h3-11H,12-13H2,1-2H3,(H,24,26). The molecule has 0 aliphatic rings. The van der Waals surface area contributed by atoms with Crippen molar-refractivity contribution in [3.63, 3.8) is 0 Å². The van der Waals surface area contributed by atoms with Gasteiger partial charge in [0, 0.05) is 16.1 Å². The Hall–Kier alpha value is -3.25. The number of hydrogen-bond donors (Lipinski definition) is 1. The van der Waals surface area contributed by atoms with Crippen LogP contribution in [-0.2, 0) is 11.3 Å². The Morgan fingerprint density at radius 3 is 2.48 bits per heavy atom. The SMILES string of the molecule is COc1cc(C(C)=O)ccc1OCC(=O)NCc1ccc(-c2ccc(Cl)cc2)o1. The highest BCUT2D eigenvalue weighted by atomic mass is 35.5. The van der Waals surface area contributed by atoms with E-state index in [1.54, 1.807) is 36.4 Å². The fraction of sp³-hybridized carbons (Fsp3) is 0.182. The second-order valence-corrected chi connectivity index (χ2v) is 6.70. The van der Waals surface area contributed by atoms with Crippen molar-refractivity contribution in [2.45, 2.75) is 13.5 Å². The Balaban J connectivity index is 1.53. The first-order chi connectivity index (χ1) is 14.0. The number of halogens is 1. The molecule has 0 saturated carbocycles. The fourth-order valence-electron chi connectivity index (χ4n) is 2.63. The Bertz CT molecular complexity index is 1010. The van der Waals surface area contributed by atoms with E-state index < -0.39 is 0 Å². The maximum Gasteiger partial charge on any atom is 0.258 e. The molecular weight excluding hydrogens is 394 g/mol. The number of ketones is 1. The van der Waals surface area contributed by atoms with Crippen molar-refractivity contribution < 1.29 is 23.5 Å². The molecule has 2 aromatic carbocycles. The normalized spacial score (nSPS) is 10.4. The quantitative estimate of drug-likeness (QED) is 0.550. The lowest BCUT2D eigenvalue weighted by Crippen LogP contribution is -2.28. The number of Topliss-reactive ketones (excluding diaryl/α,β-unsaturated/α-hetero) is 1. The maximum absolute atomic E-state index is 12.1. The van der Waals surface area contributed by atoms with Crippen molar-refractivity contribution in [1.82, 2.24) is 5.32 Å². The highest BCUT2D eigenvalue weighted by molar-refractivity contribution is 6.30. The first-order valence-corrected chi connectivity index (χ1v) is 9.27. The lowest BCUT2D eigenvalue weighted by atomic mass is 10.1. The van der Waals surface area contributed by atoms with Gasteiger partial charge in [0.05, 0.1) is 13.7 Å². The molecule has 150 valence electrons. The highest BCUT2D eigenvalue weighted by Crippen LogP contribution is 2.28. The number of methoxy groups -OCH3 is 1. The third-order valence-electron chi connectivity index (χ3n) is 4.18. The summed E-state index contributed by atoms with van der Waals surface area (Å²) in [6.45, 7) is 1.51. The zero-order chi connectivity index (χ0) is 20.8. The molecular formula is C22H20ClNO5. The summed E-state index contributed by atoms with van der Waals surface area (Å²) in [7, 11) is 1.47. The van der Waals surface area contributed by atoms with E-state index in [4.69, 9.17) is 25.5 Å². The molecule has 1 amide bonds. The number of rotatable bonds is 8. The van der Waals surface area contributed by atoms with Gasteiger partial charge in [0.1, 0.15) is 11.5 Å². The van der Waals surface area contributed by atoms with Crippen molar-refractivity contribution in [2.75, 3.05) is 13.7 Å². The van der Waals surface area contributed by atoms with Gasteiger partial charge in [-0.1, -0.05) is 11.6 Å². The Morgan fingerprint density at radius 2 is 1.79 bits per heavy atom. The number of amides is 1. The summed E-state index contributed by atoms with van der Waals surface area (Å²) in [6, 6.07) is 15.7. The zero-order valence-corrected chi connectivity index (χ0v) is 16.8. The largest absolute Gasteiger partial charge is 0.493 e. The van der Waals surface area contributed by atoms with Crippen LogP contribution in [0.4, 0.5) is 0 Å². The van der Waals surface area contributed by atoms with Gasteiger partial charge in [-0.05, 0) is 61.5 Å². The monoisotopic (exact) mass is 413 g/mol. The molecule has 0 fully saturated rings. The van der Waals surface area contributed by atoms with E-state index in [2.05, 4.69) is 5.32 Å². The van der Waals surface area contributed by atoms with Gasteiger partial charge in [-0.25, -0.2) is 0 Å². The van der Waals surface area contributed by atoms with E-state index in [9.17, 15) is 9.59 Å². The minimum absolute atomic E-state index is 0.0796. The molecule has 0 radical (unpaired) electrons. The van der Waals surface area contributed by atoms with Crippen molar-refractivity contribution in [3.8, 4) is 22.8 Å². The van der Waals surface area contributed by atoms with Crippen LogP contribution in [0.15, 0.2) is 59.0 Å². The molecule has 0 saturated heterocycles. The number of benzene rings is 2. The number of furan rings is 1. The van der Waals surface area contributed by atoms with Gasteiger partial charge in [-0.2, -0.15) is 0 Å². The van der Waals surface area contributed by atoms with Gasteiger partial charge in [0.25, 0.3) is 5.91 Å². The summed E-state index contributed by atoms with van der Waals surface area (Å²) in [5.41, 5.74) is 1.41. The van der Waals surface area contributed by atoms with Gasteiger partial charge in [-0.3, -0.25) is 9.59 Å². The summed E-state index contributed by atoms with van der Waals surface area (Å²) < 4.78 is 16.5. The molecule has 7 heteroatoms. The molecule has 1 heterocycles. The van der Waals surface area contributed by atoms with Gasteiger partial charge < -0.3 is 19.2 Å². The van der Waals surface area contributed by atoms with Crippen molar-refractivity contribution in [1.29, 1.82) is 0 Å². The van der Waals surface area contributed by atoms with E-state index in [1.165, 1.54) is 14.0 Å². The van der Waals surface area contributed by atoms with E-state index in [1.807, 2.05) is 18.2 Å². The van der Waals surface area contributed by atoms with E-state index in [-0.39, 0.29) is 24.8 Å². The second kappa shape index (κ2) is 9.30. The molecule has 1 N–H and O–H groups in total. The highest BCUT2D eigenvalue weighted by Gasteiger charge is 2.11. The molecule has 0 bridgehead atoms. The van der Waals surface area contributed by atoms with Crippen LogP contribution < -0.4 is 14.8 Å². The van der Waals surface area contributed by atoms with Gasteiger partial charge in [-0.15, -0.1) is 0 Å². The van der Waals surface area contributed by atoms with Crippen LogP contribution >= 0.6 is 11.6 Å². The topological polar surface area (TPSA) is 77.8 Å². The van der Waals surface area contributed by atoms with Crippen molar-refractivity contribution in [3.05, 3.63) is 70.9 Å². The second-order valence-electron chi connectivity index (χ2n) is 6.26. The summed E-state index contributed by atoms with van der Waals surface area (Å²) in [6.07, 6.45) is 0. The number of ether oxygens (including phenoxy) is 2. The number of carbonyl (C=O) groups is 2. The zero-order valence-electron chi connectivity index (χ0n) is 16.0. The lowest BCUT2D eigenvalue weighted by Gasteiger charge is -2.11. The average Bonchev–Trinajstić information content (AvgIpc) is 3.20. The fourth-order valence-corrected chi connectivity index (χ4v) is 2.75. The van der Waals surface area contributed by atoms with Crippen LogP contribution in [0.2, 0.25) is 5.02 Å². The van der Waals surface area contributed by atoms with Crippen LogP contribution in [0.5, 0.6) is 11.5 Å². The minimum Gasteiger partial charge on any atom is -0.493 e. The van der Waals surface area contributed by atoms with Crippen LogP contribution in [0.3, 0.4) is 0 Å². The molecule has 3 aromatic rings. The first kappa shape index (κ1) is 20.5. The van der Waals surface area contributed by atoms with Crippen LogP contribution in [-0.4, -0.2) is 25.4 Å². The molecule has 0 spiro atoms. The van der Waals surface area contributed by atoms with Crippen molar-refractivity contribution >= 4 is 23.3 Å². The van der Waals surface area contributed by atoms with Crippen molar-refractivity contribution in [2.24, 2.45) is 0 Å². The predicted molar refractivity (Wildman–Crippen MR) is 109 cm³/mol. The summed E-state index contributed by atoms with van der Waals surface area (Å²) in [5.74, 6) is 1.69. The molecule has 29 heavy (non-hydrogen) atoms. The van der Waals surface area contributed by atoms with E-state index in [0.717, 1.165) is 5.56 Å². The van der Waals surface area contributed by atoms with E-state index in [0.29, 0.717) is 33.6 Å². The van der Waals surface area contributed by atoms with Gasteiger partial charge >= 0.3 is 0 Å². The molecule has 0 aliphatic carbocycles. The van der Waals surface area contributed by atoms with Gasteiger partial charge in [0.15, 0.2) is 23.9 Å². The maximum atomic E-state index is 12.1. The third kappa shape index (κ3) is 5.39. The number of hydrogen-bond acceptors (Lipinski definition) is 5. The summed E-state index contributed by atoms with van der Waals surface area (Å²) in [4.78, 5) is 23.5. The Labute approximate surface area is 173 Å². The summed E-state index contributed by atoms with van der Waals surface area (Å²) >= 11 is 5.89. The molecule has 0 aliphatic heterocycles. The van der Waals surface area contributed by atoms with Crippen LogP contribution in [0.1, 0.15) is 23.0 Å². The third-order valence-corrected chi connectivity index (χ3v) is 4.43. The number of carbonyl (C=O) groups excluding carboxylic acids is 2. The Kier molecular flexibility index (Phi) is 6.57. The molecule has 6 nitrogen and oxygen atoms in total. The predicted octanol–water partition coefficient (Wildman–Crippen LogP) is 4.51. The molecule has 1 aromatic heterocycles.